The van der Waals surface area contributed by atoms with Gasteiger partial charge in [0.15, 0.2) is 11.9 Å². The number of aliphatic carboxylic acids is 1. The Bertz CT molecular complexity index is 477. The second-order valence-corrected chi connectivity index (χ2v) is 3.57. The Morgan fingerprint density at radius 3 is 2.37 bits per heavy atom. The highest BCUT2D eigenvalue weighted by atomic mass is 19.4. The Hall–Kier alpha value is -2.00. The number of rotatable bonds is 4. The molecule has 2 atom stereocenters. The van der Waals surface area contributed by atoms with E-state index < -0.39 is 30.3 Å². The van der Waals surface area contributed by atoms with Gasteiger partial charge in [-0.3, -0.25) is 0 Å². The molecule has 1 aromatic carbocycles. The number of aliphatic hydroxyl groups is 2. The van der Waals surface area contributed by atoms with Crippen LogP contribution in [0.3, 0.4) is 0 Å². The van der Waals surface area contributed by atoms with E-state index in [0.29, 0.717) is 6.07 Å². The molecule has 0 radical (unpaired) electrons. The predicted octanol–water partition coefficient (Wildman–Crippen LogP) is 0.646. The molecule has 0 saturated carbocycles. The standard InChI is InChI=1S/C10H10F3NO5/c11-10(12,13)19-6-3-4(1-2-5(6)14)7(15)8(16)9(17)18/h1-3,7-8,15-16H,14H2,(H,17,18). The number of carboxylic acids is 1. The molecular formula is C10H10F3NO5. The van der Waals surface area contributed by atoms with Gasteiger partial charge in [0.25, 0.3) is 0 Å². The first-order chi connectivity index (χ1) is 8.61. The Balaban J connectivity index is 3.05. The van der Waals surface area contributed by atoms with Crippen LogP contribution in [0.2, 0.25) is 0 Å². The van der Waals surface area contributed by atoms with Crippen LogP contribution in [-0.4, -0.2) is 33.8 Å². The van der Waals surface area contributed by atoms with Crippen molar-refractivity contribution >= 4 is 11.7 Å². The third kappa shape index (κ3) is 4.00. The van der Waals surface area contributed by atoms with Gasteiger partial charge in [-0.25, -0.2) is 4.79 Å². The second kappa shape index (κ2) is 5.33. The molecule has 0 aliphatic heterocycles. The fraction of sp³-hybridized carbons (Fsp3) is 0.300. The molecule has 0 spiro atoms. The third-order valence-corrected chi connectivity index (χ3v) is 2.16. The SMILES string of the molecule is Nc1ccc(C(O)C(O)C(=O)O)cc1OC(F)(F)F. The van der Waals surface area contributed by atoms with Crippen molar-refractivity contribution in [3.8, 4) is 5.75 Å². The number of anilines is 1. The zero-order chi connectivity index (χ0) is 14.8. The van der Waals surface area contributed by atoms with Gasteiger partial charge in [-0.05, 0) is 17.7 Å². The Labute approximate surface area is 104 Å². The van der Waals surface area contributed by atoms with E-state index in [1.165, 1.54) is 0 Å². The highest BCUT2D eigenvalue weighted by Crippen LogP contribution is 2.31. The first-order valence-corrected chi connectivity index (χ1v) is 4.86. The quantitative estimate of drug-likeness (QED) is 0.603. The number of halogens is 3. The number of hydrogen-bond donors (Lipinski definition) is 4. The van der Waals surface area contributed by atoms with Crippen LogP contribution in [0.25, 0.3) is 0 Å². The lowest BCUT2D eigenvalue weighted by Crippen LogP contribution is -2.27. The maximum atomic E-state index is 12.1. The number of nitrogen functional groups attached to an aromatic ring is 1. The van der Waals surface area contributed by atoms with Gasteiger partial charge in [0.2, 0.25) is 0 Å². The van der Waals surface area contributed by atoms with Crippen molar-refractivity contribution in [3.05, 3.63) is 23.8 Å². The lowest BCUT2D eigenvalue weighted by atomic mass is 10.0. The van der Waals surface area contributed by atoms with Crippen molar-refractivity contribution in [2.45, 2.75) is 18.6 Å². The number of ether oxygens (including phenoxy) is 1. The van der Waals surface area contributed by atoms with Gasteiger partial charge in [-0.2, -0.15) is 0 Å². The Morgan fingerprint density at radius 1 is 1.32 bits per heavy atom. The van der Waals surface area contributed by atoms with E-state index in [2.05, 4.69) is 4.74 Å². The summed E-state index contributed by atoms with van der Waals surface area (Å²) in [6.07, 6.45) is -9.07. The van der Waals surface area contributed by atoms with Crippen molar-refractivity contribution < 1.29 is 38.0 Å². The molecule has 1 rings (SSSR count). The highest BCUT2D eigenvalue weighted by Gasteiger charge is 2.33. The van der Waals surface area contributed by atoms with Crippen LogP contribution < -0.4 is 10.5 Å². The molecular weight excluding hydrogens is 271 g/mol. The normalized spacial score (nSPS) is 14.8. The summed E-state index contributed by atoms with van der Waals surface area (Å²) < 4.78 is 39.8. The maximum Gasteiger partial charge on any atom is 0.573 e. The predicted molar refractivity (Wildman–Crippen MR) is 56.1 cm³/mol. The number of carbonyl (C=O) groups is 1. The number of aliphatic hydroxyl groups excluding tert-OH is 2. The molecule has 0 aliphatic rings. The van der Waals surface area contributed by atoms with Crippen LogP contribution in [0.5, 0.6) is 5.75 Å². The molecule has 106 valence electrons. The van der Waals surface area contributed by atoms with Gasteiger partial charge in [0.05, 0.1) is 5.69 Å². The summed E-state index contributed by atoms with van der Waals surface area (Å²) in [6.45, 7) is 0. The monoisotopic (exact) mass is 281 g/mol. The molecule has 0 amide bonds. The summed E-state index contributed by atoms with van der Waals surface area (Å²) in [6, 6.07) is 2.78. The molecule has 6 nitrogen and oxygen atoms in total. The summed E-state index contributed by atoms with van der Waals surface area (Å²) >= 11 is 0. The molecule has 0 saturated heterocycles. The van der Waals surface area contributed by atoms with Crippen LogP contribution in [0.4, 0.5) is 18.9 Å². The van der Waals surface area contributed by atoms with E-state index in [1.54, 1.807) is 0 Å². The fourth-order valence-corrected chi connectivity index (χ4v) is 1.27. The van der Waals surface area contributed by atoms with Gasteiger partial charge in [-0.1, -0.05) is 6.07 Å². The average molecular weight is 281 g/mol. The summed E-state index contributed by atoms with van der Waals surface area (Å²) in [7, 11) is 0. The first-order valence-electron chi connectivity index (χ1n) is 4.86. The average Bonchev–Trinajstić information content (AvgIpc) is 2.28. The van der Waals surface area contributed by atoms with Crippen LogP contribution in [0.1, 0.15) is 11.7 Å². The van der Waals surface area contributed by atoms with Crippen molar-refractivity contribution in [3.63, 3.8) is 0 Å². The van der Waals surface area contributed by atoms with Crippen LogP contribution in [-0.2, 0) is 4.79 Å². The molecule has 0 aromatic heterocycles. The molecule has 9 heteroatoms. The summed E-state index contributed by atoms with van der Waals surface area (Å²) in [4.78, 5) is 10.4. The molecule has 0 bridgehead atoms. The van der Waals surface area contributed by atoms with Crippen molar-refractivity contribution in [1.82, 2.24) is 0 Å². The van der Waals surface area contributed by atoms with Gasteiger partial charge >= 0.3 is 12.3 Å². The zero-order valence-corrected chi connectivity index (χ0v) is 9.26. The van der Waals surface area contributed by atoms with E-state index in [4.69, 9.17) is 15.9 Å². The molecule has 0 heterocycles. The molecule has 2 unspecified atom stereocenters. The number of alkyl halides is 3. The summed E-state index contributed by atoms with van der Waals surface area (Å²) in [5.41, 5.74) is 4.62. The van der Waals surface area contributed by atoms with Gasteiger partial charge < -0.3 is 25.8 Å². The molecule has 0 aliphatic carbocycles. The fourth-order valence-electron chi connectivity index (χ4n) is 1.27. The minimum atomic E-state index is -4.98. The van der Waals surface area contributed by atoms with Crippen molar-refractivity contribution in [1.29, 1.82) is 0 Å². The largest absolute Gasteiger partial charge is 0.573 e. The smallest absolute Gasteiger partial charge is 0.479 e. The number of nitrogens with two attached hydrogens (primary N) is 1. The molecule has 0 fully saturated rings. The van der Waals surface area contributed by atoms with Crippen LogP contribution in [0.15, 0.2) is 18.2 Å². The number of carboxylic acid groups (broad SMARTS) is 1. The topological polar surface area (TPSA) is 113 Å². The second-order valence-electron chi connectivity index (χ2n) is 3.57. The lowest BCUT2D eigenvalue weighted by molar-refractivity contribution is -0.274. The minimum absolute atomic E-state index is 0.275. The molecule has 19 heavy (non-hydrogen) atoms. The van der Waals surface area contributed by atoms with E-state index in [0.717, 1.165) is 12.1 Å². The van der Waals surface area contributed by atoms with Crippen molar-refractivity contribution in [2.24, 2.45) is 0 Å². The Kier molecular flexibility index (Phi) is 4.22. The molecule has 1 aromatic rings. The summed E-state index contributed by atoms with van der Waals surface area (Å²) in [5, 5.41) is 27.0. The van der Waals surface area contributed by atoms with Crippen molar-refractivity contribution in [2.75, 3.05) is 5.73 Å². The maximum absolute atomic E-state index is 12.1. The zero-order valence-electron chi connectivity index (χ0n) is 9.26. The number of hydrogen-bond acceptors (Lipinski definition) is 5. The van der Waals surface area contributed by atoms with Gasteiger partial charge in [0, 0.05) is 0 Å². The third-order valence-electron chi connectivity index (χ3n) is 2.16. The van der Waals surface area contributed by atoms with Crippen LogP contribution in [0, 0.1) is 0 Å². The van der Waals surface area contributed by atoms with Gasteiger partial charge in [-0.15, -0.1) is 13.2 Å². The van der Waals surface area contributed by atoms with E-state index in [9.17, 15) is 23.1 Å². The van der Waals surface area contributed by atoms with Gasteiger partial charge in [0.1, 0.15) is 6.10 Å². The minimum Gasteiger partial charge on any atom is -0.479 e. The summed E-state index contributed by atoms with van der Waals surface area (Å²) in [5.74, 6) is -2.51. The van der Waals surface area contributed by atoms with E-state index in [1.807, 2.05) is 0 Å². The van der Waals surface area contributed by atoms with Crippen LogP contribution >= 0.6 is 0 Å². The van der Waals surface area contributed by atoms with E-state index >= 15 is 0 Å². The Morgan fingerprint density at radius 2 is 1.89 bits per heavy atom. The van der Waals surface area contributed by atoms with E-state index in [-0.39, 0.29) is 11.3 Å². The molecule has 5 N–H and O–H groups in total. The lowest BCUT2D eigenvalue weighted by Gasteiger charge is -2.17. The number of benzene rings is 1. The highest BCUT2D eigenvalue weighted by molar-refractivity contribution is 5.73. The first kappa shape index (κ1) is 15.1.